The van der Waals surface area contributed by atoms with Crippen LogP contribution in [0.1, 0.15) is 94.2 Å². The maximum absolute atomic E-state index is 10.7. The molecule has 0 fully saturated rings. The van der Waals surface area contributed by atoms with E-state index in [-0.39, 0.29) is 10.8 Å². The second-order valence-corrected chi connectivity index (χ2v) is 10.7. The molecule has 0 atom stereocenters. The summed E-state index contributed by atoms with van der Waals surface area (Å²) in [6.45, 7) is 17.1. The first-order valence-corrected chi connectivity index (χ1v) is 11.0. The molecule has 2 rings (SSSR count). The number of benzene rings is 2. The average molecular weight is 397 g/mol. The van der Waals surface area contributed by atoms with Gasteiger partial charge in [-0.05, 0) is 72.6 Å². The standard InChI is InChI=1S/C27H40O2/c1-18-14-20(24(28)22(16-18)26(3,4)5)12-10-9-11-13-21-15-19(2)17-23(25(21)29)27(6,7)8/h14-17,28-29H,9-13H2,1-8H3. The predicted molar refractivity (Wildman–Crippen MR) is 124 cm³/mol. The van der Waals surface area contributed by atoms with Gasteiger partial charge in [-0.25, -0.2) is 0 Å². The van der Waals surface area contributed by atoms with Crippen molar-refractivity contribution in [2.45, 2.75) is 98.3 Å². The first kappa shape index (κ1) is 23.3. The maximum Gasteiger partial charge on any atom is 0.122 e. The number of hydrogen-bond donors (Lipinski definition) is 2. The van der Waals surface area contributed by atoms with Crippen LogP contribution in [0.5, 0.6) is 11.5 Å². The van der Waals surface area contributed by atoms with Crippen LogP contribution in [0.15, 0.2) is 24.3 Å². The van der Waals surface area contributed by atoms with Gasteiger partial charge in [0.05, 0.1) is 0 Å². The summed E-state index contributed by atoms with van der Waals surface area (Å²) >= 11 is 0. The number of aromatic hydroxyl groups is 2. The van der Waals surface area contributed by atoms with Crippen molar-refractivity contribution in [3.8, 4) is 11.5 Å². The van der Waals surface area contributed by atoms with E-state index in [1.165, 1.54) is 11.1 Å². The van der Waals surface area contributed by atoms with Crippen LogP contribution in [-0.2, 0) is 23.7 Å². The fraction of sp³-hybridized carbons (Fsp3) is 0.556. The Bertz CT molecular complexity index is 777. The van der Waals surface area contributed by atoms with Gasteiger partial charge in [0, 0.05) is 0 Å². The largest absolute Gasteiger partial charge is 0.507 e. The monoisotopic (exact) mass is 396 g/mol. The van der Waals surface area contributed by atoms with Crippen LogP contribution in [0.2, 0.25) is 0 Å². The molecule has 0 aliphatic carbocycles. The van der Waals surface area contributed by atoms with E-state index in [1.807, 2.05) is 0 Å². The Balaban J connectivity index is 2.00. The fourth-order valence-corrected chi connectivity index (χ4v) is 4.04. The van der Waals surface area contributed by atoms with Gasteiger partial charge in [-0.15, -0.1) is 0 Å². The highest BCUT2D eigenvalue weighted by molar-refractivity contribution is 5.47. The van der Waals surface area contributed by atoms with Gasteiger partial charge in [0.25, 0.3) is 0 Å². The maximum atomic E-state index is 10.7. The fourth-order valence-electron chi connectivity index (χ4n) is 4.04. The lowest BCUT2D eigenvalue weighted by Gasteiger charge is -2.23. The van der Waals surface area contributed by atoms with E-state index in [4.69, 9.17) is 0 Å². The zero-order valence-electron chi connectivity index (χ0n) is 19.7. The molecule has 0 aliphatic heterocycles. The molecule has 0 radical (unpaired) electrons. The molecular weight excluding hydrogens is 356 g/mol. The Morgan fingerprint density at radius 3 is 1.24 bits per heavy atom. The normalized spacial score (nSPS) is 12.4. The number of unbranched alkanes of at least 4 members (excludes halogenated alkanes) is 2. The van der Waals surface area contributed by atoms with Gasteiger partial charge in [-0.1, -0.05) is 83.4 Å². The molecule has 0 heterocycles. The molecular formula is C27H40O2. The number of phenols is 2. The second-order valence-electron chi connectivity index (χ2n) is 10.7. The average Bonchev–Trinajstić information content (AvgIpc) is 2.57. The minimum absolute atomic E-state index is 0.0572. The smallest absolute Gasteiger partial charge is 0.122 e. The Morgan fingerprint density at radius 1 is 0.586 bits per heavy atom. The Labute approximate surface area is 178 Å². The third-order valence-corrected chi connectivity index (χ3v) is 5.67. The van der Waals surface area contributed by atoms with Crippen LogP contribution in [0.4, 0.5) is 0 Å². The van der Waals surface area contributed by atoms with Crippen molar-refractivity contribution in [1.82, 2.24) is 0 Å². The van der Waals surface area contributed by atoms with E-state index in [9.17, 15) is 10.2 Å². The minimum Gasteiger partial charge on any atom is -0.507 e. The molecule has 29 heavy (non-hydrogen) atoms. The summed E-state index contributed by atoms with van der Waals surface area (Å²) in [6.07, 6.45) is 4.95. The SMILES string of the molecule is Cc1cc(CCCCCc2cc(C)cc(C(C)(C)C)c2O)c(O)c(C(C)(C)C)c1. The lowest BCUT2D eigenvalue weighted by Crippen LogP contribution is -2.12. The third-order valence-electron chi connectivity index (χ3n) is 5.67. The molecule has 2 N–H and O–H groups in total. The molecule has 0 saturated carbocycles. The van der Waals surface area contributed by atoms with Gasteiger partial charge in [-0.2, -0.15) is 0 Å². The van der Waals surface area contributed by atoms with E-state index in [2.05, 4.69) is 79.7 Å². The van der Waals surface area contributed by atoms with Gasteiger partial charge >= 0.3 is 0 Å². The van der Waals surface area contributed by atoms with Crippen LogP contribution >= 0.6 is 0 Å². The summed E-state index contributed by atoms with van der Waals surface area (Å²) < 4.78 is 0. The van der Waals surface area contributed by atoms with Gasteiger partial charge in [0.15, 0.2) is 0 Å². The summed E-state index contributed by atoms with van der Waals surface area (Å²) in [7, 11) is 0. The highest BCUT2D eigenvalue weighted by Crippen LogP contribution is 2.36. The van der Waals surface area contributed by atoms with Gasteiger partial charge < -0.3 is 10.2 Å². The number of aryl methyl sites for hydroxylation is 4. The van der Waals surface area contributed by atoms with Crippen LogP contribution in [-0.4, -0.2) is 10.2 Å². The predicted octanol–water partition coefficient (Wildman–Crippen LogP) is 7.27. The first-order chi connectivity index (χ1) is 13.3. The van der Waals surface area contributed by atoms with E-state index >= 15 is 0 Å². The quantitative estimate of drug-likeness (QED) is 0.504. The summed E-state index contributed by atoms with van der Waals surface area (Å²) in [4.78, 5) is 0. The second kappa shape index (κ2) is 8.81. The van der Waals surface area contributed by atoms with Crippen LogP contribution in [0.25, 0.3) is 0 Å². The van der Waals surface area contributed by atoms with Crippen LogP contribution in [0, 0.1) is 13.8 Å². The Morgan fingerprint density at radius 2 is 0.931 bits per heavy atom. The molecule has 0 amide bonds. The van der Waals surface area contributed by atoms with E-state index in [1.54, 1.807) is 0 Å². The highest BCUT2D eigenvalue weighted by atomic mass is 16.3. The van der Waals surface area contributed by atoms with Crippen molar-refractivity contribution in [3.05, 3.63) is 57.6 Å². The van der Waals surface area contributed by atoms with Gasteiger partial charge in [-0.3, -0.25) is 0 Å². The molecule has 160 valence electrons. The van der Waals surface area contributed by atoms with Crippen molar-refractivity contribution in [2.75, 3.05) is 0 Å². The zero-order chi connectivity index (χ0) is 22.0. The van der Waals surface area contributed by atoms with E-state index < -0.39 is 0 Å². The van der Waals surface area contributed by atoms with Gasteiger partial charge in [0.2, 0.25) is 0 Å². The Hall–Kier alpha value is -1.96. The minimum atomic E-state index is -0.0572. The number of hydrogen-bond acceptors (Lipinski definition) is 2. The van der Waals surface area contributed by atoms with Crippen LogP contribution in [0.3, 0.4) is 0 Å². The summed E-state index contributed by atoms with van der Waals surface area (Å²) in [6, 6.07) is 8.44. The van der Waals surface area contributed by atoms with Crippen molar-refractivity contribution < 1.29 is 10.2 Å². The summed E-state index contributed by atoms with van der Waals surface area (Å²) in [5.41, 5.74) is 6.49. The number of rotatable bonds is 6. The molecule has 2 nitrogen and oxygen atoms in total. The number of phenolic OH excluding ortho intramolecular Hbond substituents is 2. The molecule has 2 aromatic rings. The van der Waals surface area contributed by atoms with Crippen molar-refractivity contribution in [2.24, 2.45) is 0 Å². The molecule has 0 saturated heterocycles. The lowest BCUT2D eigenvalue weighted by molar-refractivity contribution is 0.437. The van der Waals surface area contributed by atoms with E-state index in [0.29, 0.717) is 11.5 Å². The first-order valence-electron chi connectivity index (χ1n) is 11.0. The Kier molecular flexibility index (Phi) is 7.09. The zero-order valence-corrected chi connectivity index (χ0v) is 19.7. The van der Waals surface area contributed by atoms with Crippen molar-refractivity contribution in [1.29, 1.82) is 0 Å². The summed E-state index contributed by atoms with van der Waals surface area (Å²) in [5.74, 6) is 0.934. The molecule has 2 aromatic carbocycles. The molecule has 0 spiro atoms. The van der Waals surface area contributed by atoms with Crippen molar-refractivity contribution >= 4 is 0 Å². The summed E-state index contributed by atoms with van der Waals surface area (Å²) in [5, 5.41) is 21.4. The topological polar surface area (TPSA) is 40.5 Å². The van der Waals surface area contributed by atoms with E-state index in [0.717, 1.165) is 54.4 Å². The molecule has 0 aromatic heterocycles. The molecule has 0 unspecified atom stereocenters. The van der Waals surface area contributed by atoms with Gasteiger partial charge in [0.1, 0.15) is 11.5 Å². The highest BCUT2D eigenvalue weighted by Gasteiger charge is 2.21. The lowest BCUT2D eigenvalue weighted by atomic mass is 9.83. The van der Waals surface area contributed by atoms with Crippen molar-refractivity contribution in [3.63, 3.8) is 0 Å². The molecule has 2 heteroatoms. The third kappa shape index (κ3) is 6.01. The molecule has 0 aliphatic rings. The molecule has 0 bridgehead atoms. The van der Waals surface area contributed by atoms with Crippen LogP contribution < -0.4 is 0 Å².